The summed E-state index contributed by atoms with van der Waals surface area (Å²) in [5, 5.41) is 2.60. The molecule has 0 unspecified atom stereocenters. The first-order valence-corrected chi connectivity index (χ1v) is 12.1. The zero-order chi connectivity index (χ0) is 22.9. The van der Waals surface area contributed by atoms with E-state index in [2.05, 4.69) is 10.0 Å². The Hall–Kier alpha value is -2.27. The average molecular weight is 454 g/mol. The summed E-state index contributed by atoms with van der Waals surface area (Å²) in [6.45, 7) is 6.62. The van der Waals surface area contributed by atoms with Crippen LogP contribution in [0.1, 0.15) is 22.3 Å². The van der Waals surface area contributed by atoms with Crippen LogP contribution in [0.4, 0.5) is 5.69 Å². The molecule has 0 aliphatic carbocycles. The van der Waals surface area contributed by atoms with Gasteiger partial charge in [-0.05, 0) is 63.6 Å². The quantitative estimate of drug-likeness (QED) is 0.667. The van der Waals surface area contributed by atoms with E-state index < -0.39 is 32.5 Å². The van der Waals surface area contributed by atoms with E-state index in [4.69, 9.17) is 0 Å². The van der Waals surface area contributed by atoms with Gasteiger partial charge in [-0.3, -0.25) is 4.79 Å². The van der Waals surface area contributed by atoms with Gasteiger partial charge >= 0.3 is 0 Å². The van der Waals surface area contributed by atoms with E-state index in [1.807, 2.05) is 6.92 Å². The number of likely N-dealkylation sites (N-methyl/N-ethyl adjacent to an activating group) is 1. The van der Waals surface area contributed by atoms with E-state index in [0.29, 0.717) is 22.4 Å². The molecule has 30 heavy (non-hydrogen) atoms. The predicted octanol–water partition coefficient (Wildman–Crippen LogP) is 2.09. The van der Waals surface area contributed by atoms with Gasteiger partial charge in [-0.1, -0.05) is 23.8 Å². The number of hydrogen-bond donors (Lipinski definition) is 2. The van der Waals surface area contributed by atoms with E-state index in [1.165, 1.54) is 26.2 Å². The number of benzene rings is 2. The lowest BCUT2D eigenvalue weighted by molar-refractivity contribution is -0.116. The molecule has 0 bridgehead atoms. The molecular formula is C20H27N3O5S2. The lowest BCUT2D eigenvalue weighted by Crippen LogP contribution is -2.35. The average Bonchev–Trinajstić information content (AvgIpc) is 2.62. The van der Waals surface area contributed by atoms with Crippen LogP contribution in [-0.4, -0.2) is 47.7 Å². The second-order valence-corrected chi connectivity index (χ2v) is 11.1. The molecule has 0 heterocycles. The van der Waals surface area contributed by atoms with E-state index in [9.17, 15) is 21.6 Å². The van der Waals surface area contributed by atoms with Crippen molar-refractivity contribution in [2.75, 3.05) is 26.0 Å². The molecule has 8 nitrogen and oxygen atoms in total. The third kappa shape index (κ3) is 5.07. The second-order valence-electron chi connectivity index (χ2n) is 7.22. The Bertz CT molecular complexity index is 1170. The molecule has 0 atom stereocenters. The number of carbonyl (C=O) groups is 1. The molecule has 164 valence electrons. The summed E-state index contributed by atoms with van der Waals surface area (Å²) in [5.41, 5.74) is 3.12. The molecular weight excluding hydrogens is 426 g/mol. The molecule has 1 amide bonds. The smallest absolute Gasteiger partial charge is 0.243 e. The highest BCUT2D eigenvalue weighted by atomic mass is 32.2. The first-order valence-electron chi connectivity index (χ1n) is 9.18. The number of nitrogens with one attached hydrogen (secondary N) is 2. The van der Waals surface area contributed by atoms with Crippen LogP contribution in [0.3, 0.4) is 0 Å². The summed E-state index contributed by atoms with van der Waals surface area (Å²) in [6.07, 6.45) is 0. The summed E-state index contributed by atoms with van der Waals surface area (Å²) in [6, 6.07) is 7.90. The summed E-state index contributed by atoms with van der Waals surface area (Å²) in [7, 11) is -4.93. The topological polar surface area (TPSA) is 113 Å². The maximum absolute atomic E-state index is 13.0. The molecule has 0 saturated heterocycles. The molecule has 2 rings (SSSR count). The number of carbonyl (C=O) groups excluding carboxylic acids is 1. The number of amides is 1. The molecule has 0 aliphatic rings. The van der Waals surface area contributed by atoms with Crippen molar-refractivity contribution in [3.05, 3.63) is 52.6 Å². The number of anilines is 1. The summed E-state index contributed by atoms with van der Waals surface area (Å²) in [4.78, 5) is 12.7. The molecule has 2 aromatic carbocycles. The van der Waals surface area contributed by atoms with Crippen LogP contribution in [0.5, 0.6) is 0 Å². The zero-order valence-corrected chi connectivity index (χ0v) is 19.5. The van der Waals surface area contributed by atoms with Gasteiger partial charge in [0.2, 0.25) is 26.0 Å². The van der Waals surface area contributed by atoms with Gasteiger partial charge in [0.1, 0.15) is 0 Å². The van der Waals surface area contributed by atoms with E-state index >= 15 is 0 Å². The van der Waals surface area contributed by atoms with Gasteiger partial charge in [0.05, 0.1) is 16.3 Å². The summed E-state index contributed by atoms with van der Waals surface area (Å²) < 4.78 is 53.2. The lowest BCUT2D eigenvalue weighted by Gasteiger charge is -2.20. The van der Waals surface area contributed by atoms with Crippen molar-refractivity contribution in [3.63, 3.8) is 0 Å². The highest BCUT2D eigenvalue weighted by Gasteiger charge is 2.27. The summed E-state index contributed by atoms with van der Waals surface area (Å²) in [5.74, 6) is -0.578. The van der Waals surface area contributed by atoms with Gasteiger partial charge < -0.3 is 5.32 Å². The fraction of sp³-hybridized carbons (Fsp3) is 0.350. The number of nitrogens with zero attached hydrogens (tertiary/aromatic N) is 1. The first-order chi connectivity index (χ1) is 13.8. The molecule has 2 aromatic rings. The van der Waals surface area contributed by atoms with Gasteiger partial charge in [0, 0.05) is 12.7 Å². The van der Waals surface area contributed by atoms with Crippen molar-refractivity contribution in [3.8, 4) is 0 Å². The fourth-order valence-electron chi connectivity index (χ4n) is 3.23. The third-order valence-electron chi connectivity index (χ3n) is 4.70. The van der Waals surface area contributed by atoms with Crippen LogP contribution >= 0.6 is 0 Å². The van der Waals surface area contributed by atoms with Crippen molar-refractivity contribution in [1.29, 1.82) is 0 Å². The van der Waals surface area contributed by atoms with Gasteiger partial charge in [-0.25, -0.2) is 21.6 Å². The van der Waals surface area contributed by atoms with Crippen molar-refractivity contribution in [2.24, 2.45) is 0 Å². The van der Waals surface area contributed by atoms with Crippen LogP contribution in [0.15, 0.2) is 40.1 Å². The van der Waals surface area contributed by atoms with E-state index in [-0.39, 0.29) is 9.79 Å². The van der Waals surface area contributed by atoms with Crippen LogP contribution in [0, 0.1) is 27.7 Å². The van der Waals surface area contributed by atoms with Crippen molar-refractivity contribution in [2.45, 2.75) is 37.5 Å². The molecule has 0 spiro atoms. The zero-order valence-electron chi connectivity index (χ0n) is 17.9. The van der Waals surface area contributed by atoms with Gasteiger partial charge in [0.25, 0.3) is 0 Å². The molecule has 10 heteroatoms. The number of sulfonamides is 2. The van der Waals surface area contributed by atoms with Crippen LogP contribution in [0.2, 0.25) is 0 Å². The second kappa shape index (κ2) is 8.84. The number of rotatable bonds is 7. The highest BCUT2D eigenvalue weighted by Crippen LogP contribution is 2.25. The van der Waals surface area contributed by atoms with E-state index in [1.54, 1.807) is 39.0 Å². The number of hydrogen-bond acceptors (Lipinski definition) is 5. The van der Waals surface area contributed by atoms with Gasteiger partial charge in [-0.2, -0.15) is 4.31 Å². The largest absolute Gasteiger partial charge is 0.325 e. The van der Waals surface area contributed by atoms with Crippen LogP contribution in [0.25, 0.3) is 0 Å². The standard InChI is InChI=1S/C20H27N3O5S2/c1-13-9-15(3)20(16(4)10-13)30(27,28)23(6)12-19(24)22-18-11-17(8-7-14(18)2)29(25,26)21-5/h7-11,21H,12H2,1-6H3,(H,22,24). The SMILES string of the molecule is CNS(=O)(=O)c1ccc(C)c(NC(=O)CN(C)S(=O)(=O)c2c(C)cc(C)cc2C)c1. The Labute approximate surface area is 178 Å². The maximum atomic E-state index is 13.0. The highest BCUT2D eigenvalue weighted by molar-refractivity contribution is 7.89. The van der Waals surface area contributed by atoms with E-state index in [0.717, 1.165) is 9.87 Å². The van der Waals surface area contributed by atoms with Gasteiger partial charge in [-0.15, -0.1) is 0 Å². The van der Waals surface area contributed by atoms with Crippen molar-refractivity contribution in [1.82, 2.24) is 9.03 Å². The maximum Gasteiger partial charge on any atom is 0.243 e. The molecule has 0 radical (unpaired) electrons. The Kier molecular flexibility index (Phi) is 7.08. The first kappa shape index (κ1) is 24.0. The monoisotopic (exact) mass is 453 g/mol. The minimum Gasteiger partial charge on any atom is -0.325 e. The molecule has 0 fully saturated rings. The van der Waals surface area contributed by atoms with Crippen LogP contribution in [-0.2, 0) is 24.8 Å². The predicted molar refractivity (Wildman–Crippen MR) is 117 cm³/mol. The Morgan fingerprint density at radius 3 is 2.03 bits per heavy atom. The number of aryl methyl sites for hydroxylation is 4. The third-order valence-corrected chi connectivity index (χ3v) is 8.22. The van der Waals surface area contributed by atoms with Crippen molar-refractivity contribution < 1.29 is 21.6 Å². The minimum absolute atomic E-state index is 0.00205. The van der Waals surface area contributed by atoms with Gasteiger partial charge in [0.15, 0.2) is 0 Å². The summed E-state index contributed by atoms with van der Waals surface area (Å²) >= 11 is 0. The van der Waals surface area contributed by atoms with Crippen LogP contribution < -0.4 is 10.0 Å². The molecule has 2 N–H and O–H groups in total. The molecule has 0 saturated carbocycles. The molecule has 0 aliphatic heterocycles. The Morgan fingerprint density at radius 1 is 0.933 bits per heavy atom. The lowest BCUT2D eigenvalue weighted by atomic mass is 10.1. The normalized spacial score (nSPS) is 12.2. The fourth-order valence-corrected chi connectivity index (χ4v) is 5.51. The molecule has 0 aromatic heterocycles. The Balaban J connectivity index is 2.26. The van der Waals surface area contributed by atoms with Crippen molar-refractivity contribution >= 4 is 31.6 Å². The Morgan fingerprint density at radius 2 is 1.50 bits per heavy atom. The minimum atomic E-state index is -3.88.